The molecule has 0 amide bonds. The summed E-state index contributed by atoms with van der Waals surface area (Å²) < 4.78 is 6.76. The van der Waals surface area contributed by atoms with Gasteiger partial charge in [0.1, 0.15) is 17.1 Å². The molecule has 0 bridgehead atoms. The van der Waals surface area contributed by atoms with E-state index in [2.05, 4.69) is 16.0 Å². The summed E-state index contributed by atoms with van der Waals surface area (Å²) in [5, 5.41) is 9.53. The van der Waals surface area contributed by atoms with E-state index in [0.717, 1.165) is 11.0 Å². The number of ether oxygens (including phenoxy) is 1. The maximum Gasteiger partial charge on any atom is 0.339 e. The Morgan fingerprint density at radius 3 is 2.67 bits per heavy atom. The van der Waals surface area contributed by atoms with Gasteiger partial charge in [-0.1, -0.05) is 12.1 Å². The van der Waals surface area contributed by atoms with Crippen molar-refractivity contribution < 1.29 is 9.53 Å². The summed E-state index contributed by atoms with van der Waals surface area (Å²) in [6, 6.07) is 13.0. The molecule has 0 radical (unpaired) electrons. The van der Waals surface area contributed by atoms with Crippen molar-refractivity contribution in [1.29, 1.82) is 5.26 Å². The Balaban J connectivity index is 2.09. The van der Waals surface area contributed by atoms with Crippen LogP contribution in [-0.4, -0.2) is 26.9 Å². The number of aromatic nitrogens is 3. The largest absolute Gasteiger partial charge is 0.462 e. The Morgan fingerprint density at radius 2 is 1.96 bits per heavy atom. The van der Waals surface area contributed by atoms with E-state index in [4.69, 9.17) is 4.74 Å². The highest BCUT2D eigenvalue weighted by Crippen LogP contribution is 2.26. The van der Waals surface area contributed by atoms with E-state index in [1.807, 2.05) is 24.3 Å². The van der Waals surface area contributed by atoms with Gasteiger partial charge in [0.2, 0.25) is 0 Å². The van der Waals surface area contributed by atoms with Gasteiger partial charge in [-0.15, -0.1) is 0 Å². The van der Waals surface area contributed by atoms with Crippen LogP contribution < -0.4 is 0 Å². The minimum atomic E-state index is -0.409. The van der Waals surface area contributed by atoms with Crippen molar-refractivity contribution in [1.82, 2.24) is 14.4 Å². The molecule has 0 aliphatic carbocycles. The van der Waals surface area contributed by atoms with Gasteiger partial charge in [-0.25, -0.2) is 14.8 Å². The van der Waals surface area contributed by atoms with Crippen LogP contribution in [0.2, 0.25) is 0 Å². The van der Waals surface area contributed by atoms with Gasteiger partial charge < -0.3 is 4.74 Å². The van der Waals surface area contributed by atoms with Gasteiger partial charge in [0.05, 0.1) is 28.7 Å². The van der Waals surface area contributed by atoms with E-state index in [9.17, 15) is 10.1 Å². The van der Waals surface area contributed by atoms with Gasteiger partial charge in [-0.3, -0.25) is 4.40 Å². The molecule has 3 aromatic heterocycles. The molecule has 0 atom stereocenters. The lowest BCUT2D eigenvalue weighted by molar-refractivity contribution is 0.0526. The summed E-state index contributed by atoms with van der Waals surface area (Å²) in [7, 11) is 0. The second-order valence-electron chi connectivity index (χ2n) is 5.26. The minimum absolute atomic E-state index is 0.303. The Hall–Kier alpha value is -3.46. The monoisotopic (exact) mass is 316 g/mol. The fourth-order valence-corrected chi connectivity index (χ4v) is 2.77. The first kappa shape index (κ1) is 14.2. The van der Waals surface area contributed by atoms with Gasteiger partial charge in [0.25, 0.3) is 0 Å². The highest BCUT2D eigenvalue weighted by Gasteiger charge is 2.17. The average molecular weight is 316 g/mol. The van der Waals surface area contributed by atoms with Crippen molar-refractivity contribution in [2.24, 2.45) is 0 Å². The Labute approximate surface area is 136 Å². The van der Waals surface area contributed by atoms with Crippen LogP contribution in [0.15, 0.2) is 42.6 Å². The number of benzene rings is 1. The molecule has 3 heterocycles. The van der Waals surface area contributed by atoms with Crippen LogP contribution >= 0.6 is 0 Å². The molecule has 0 unspecified atom stereocenters. The number of fused-ring (bicyclic) bond motifs is 4. The number of para-hydroxylation sites is 2. The van der Waals surface area contributed by atoms with Gasteiger partial charge in [0.15, 0.2) is 5.65 Å². The molecule has 0 fully saturated rings. The molecule has 6 heteroatoms. The predicted octanol–water partition coefficient (Wildman–Crippen LogP) is 3.08. The Kier molecular flexibility index (Phi) is 3.14. The number of pyridine rings is 1. The number of nitriles is 1. The van der Waals surface area contributed by atoms with Gasteiger partial charge in [-0.2, -0.15) is 5.26 Å². The van der Waals surface area contributed by atoms with Crippen LogP contribution in [0, 0.1) is 11.3 Å². The standard InChI is InChI=1S/C18H12N4O2/c1-2-24-18(23)11-7-8-15-12(9-19)16-17(22(15)10-11)21-14-6-4-3-5-13(14)20-16/h3-8,10H,2H2,1H3. The first-order valence-electron chi connectivity index (χ1n) is 7.50. The summed E-state index contributed by atoms with van der Waals surface area (Å²) in [5.74, 6) is -0.409. The number of esters is 1. The van der Waals surface area contributed by atoms with Crippen LogP contribution in [0.3, 0.4) is 0 Å². The molecule has 0 N–H and O–H groups in total. The van der Waals surface area contributed by atoms with E-state index in [-0.39, 0.29) is 0 Å². The molecule has 0 saturated carbocycles. The first-order valence-corrected chi connectivity index (χ1v) is 7.50. The van der Waals surface area contributed by atoms with Crippen molar-refractivity contribution in [2.75, 3.05) is 6.61 Å². The molecular formula is C18H12N4O2. The summed E-state index contributed by atoms with van der Waals surface area (Å²) in [6.07, 6.45) is 1.64. The van der Waals surface area contributed by atoms with E-state index in [1.54, 1.807) is 29.7 Å². The summed E-state index contributed by atoms with van der Waals surface area (Å²) in [4.78, 5) is 21.2. The van der Waals surface area contributed by atoms with Crippen LogP contribution in [0.4, 0.5) is 0 Å². The third-order valence-corrected chi connectivity index (χ3v) is 3.84. The van der Waals surface area contributed by atoms with Crippen molar-refractivity contribution in [3.8, 4) is 6.07 Å². The number of carbonyl (C=O) groups excluding carboxylic acids is 1. The Bertz CT molecular complexity index is 1150. The van der Waals surface area contributed by atoms with Gasteiger partial charge in [-0.05, 0) is 31.2 Å². The fourth-order valence-electron chi connectivity index (χ4n) is 2.77. The number of nitrogens with zero attached hydrogens (tertiary/aromatic N) is 4. The summed E-state index contributed by atoms with van der Waals surface area (Å²) in [5.41, 5.74) is 4.04. The van der Waals surface area contributed by atoms with E-state index in [0.29, 0.717) is 34.4 Å². The molecule has 24 heavy (non-hydrogen) atoms. The minimum Gasteiger partial charge on any atom is -0.462 e. The van der Waals surface area contributed by atoms with Crippen LogP contribution in [0.5, 0.6) is 0 Å². The third-order valence-electron chi connectivity index (χ3n) is 3.84. The van der Waals surface area contributed by atoms with Crippen LogP contribution in [0.25, 0.3) is 27.7 Å². The first-order chi connectivity index (χ1) is 11.7. The quantitative estimate of drug-likeness (QED) is 0.531. The lowest BCUT2D eigenvalue weighted by Gasteiger charge is -2.03. The second kappa shape index (κ2) is 5.32. The second-order valence-corrected chi connectivity index (χ2v) is 5.26. The smallest absolute Gasteiger partial charge is 0.339 e. The SMILES string of the molecule is CCOC(=O)c1ccc2c(C#N)c3nc4ccccc4nc3n2c1. The summed E-state index contributed by atoms with van der Waals surface area (Å²) >= 11 is 0. The molecule has 4 aromatic rings. The highest BCUT2D eigenvalue weighted by atomic mass is 16.5. The molecule has 0 saturated heterocycles. The molecule has 6 nitrogen and oxygen atoms in total. The number of carbonyl (C=O) groups is 1. The number of rotatable bonds is 2. The van der Waals surface area contributed by atoms with E-state index < -0.39 is 5.97 Å². The van der Waals surface area contributed by atoms with Crippen LogP contribution in [-0.2, 0) is 4.74 Å². The molecule has 4 rings (SSSR count). The van der Waals surface area contributed by atoms with E-state index >= 15 is 0 Å². The molecule has 0 aliphatic rings. The van der Waals surface area contributed by atoms with Gasteiger partial charge in [0, 0.05) is 6.20 Å². The lowest BCUT2D eigenvalue weighted by atomic mass is 10.2. The zero-order chi connectivity index (χ0) is 16.7. The molecular weight excluding hydrogens is 304 g/mol. The molecule has 0 spiro atoms. The molecule has 116 valence electrons. The van der Waals surface area contributed by atoms with Crippen molar-refractivity contribution >= 4 is 33.7 Å². The van der Waals surface area contributed by atoms with Crippen molar-refractivity contribution in [3.05, 3.63) is 53.7 Å². The van der Waals surface area contributed by atoms with Gasteiger partial charge >= 0.3 is 5.97 Å². The van der Waals surface area contributed by atoms with Crippen LogP contribution in [0.1, 0.15) is 22.8 Å². The maximum atomic E-state index is 12.0. The van der Waals surface area contributed by atoms with Crippen molar-refractivity contribution in [2.45, 2.75) is 6.92 Å². The number of hydrogen-bond donors (Lipinski definition) is 0. The Morgan fingerprint density at radius 1 is 1.21 bits per heavy atom. The number of hydrogen-bond acceptors (Lipinski definition) is 5. The maximum absolute atomic E-state index is 12.0. The zero-order valence-corrected chi connectivity index (χ0v) is 12.9. The average Bonchev–Trinajstić information content (AvgIpc) is 2.92. The van der Waals surface area contributed by atoms with Crippen molar-refractivity contribution in [3.63, 3.8) is 0 Å². The van der Waals surface area contributed by atoms with E-state index in [1.165, 1.54) is 0 Å². The molecule has 0 aliphatic heterocycles. The summed E-state index contributed by atoms with van der Waals surface area (Å²) in [6.45, 7) is 2.06. The molecule has 1 aromatic carbocycles. The normalized spacial score (nSPS) is 11.0. The zero-order valence-electron chi connectivity index (χ0n) is 12.9. The fraction of sp³-hybridized carbons (Fsp3) is 0.111. The predicted molar refractivity (Wildman–Crippen MR) is 88.7 cm³/mol. The highest BCUT2D eigenvalue weighted by molar-refractivity contribution is 5.96. The topological polar surface area (TPSA) is 80.3 Å². The third kappa shape index (κ3) is 1.99. The lowest BCUT2D eigenvalue weighted by Crippen LogP contribution is -2.05.